The average molecular weight is 285 g/mol. The number of ether oxygens (including phenoxy) is 2. The third-order valence-electron chi connectivity index (χ3n) is 3.42. The first-order chi connectivity index (χ1) is 8.97. The van der Waals surface area contributed by atoms with Crippen LogP contribution in [0.5, 0.6) is 11.5 Å². The van der Waals surface area contributed by atoms with E-state index in [2.05, 4.69) is 5.32 Å². The molecule has 1 aliphatic rings. The zero-order chi connectivity index (χ0) is 14.0. The summed E-state index contributed by atoms with van der Waals surface area (Å²) in [6.45, 7) is 1.69. The molecule has 2 rings (SSSR count). The van der Waals surface area contributed by atoms with E-state index < -0.39 is 9.84 Å². The highest BCUT2D eigenvalue weighted by molar-refractivity contribution is 7.90. The van der Waals surface area contributed by atoms with Gasteiger partial charge in [-0.05, 0) is 30.5 Å². The molecule has 19 heavy (non-hydrogen) atoms. The highest BCUT2D eigenvalue weighted by Crippen LogP contribution is 2.37. The fraction of sp³-hybridized carbons (Fsp3) is 0.538. The second kappa shape index (κ2) is 5.38. The molecule has 1 fully saturated rings. The molecule has 5 nitrogen and oxygen atoms in total. The van der Waals surface area contributed by atoms with Crippen molar-refractivity contribution in [3.05, 3.63) is 17.7 Å². The van der Waals surface area contributed by atoms with Gasteiger partial charge in [-0.15, -0.1) is 0 Å². The normalized spacial score (nSPS) is 19.4. The minimum atomic E-state index is -3.29. The van der Waals surface area contributed by atoms with Crippen molar-refractivity contribution < 1.29 is 17.9 Å². The molecule has 1 heterocycles. The van der Waals surface area contributed by atoms with Crippen LogP contribution in [0.25, 0.3) is 0 Å². The summed E-state index contributed by atoms with van der Waals surface area (Å²) in [4.78, 5) is 0.332. The third kappa shape index (κ3) is 2.84. The summed E-state index contributed by atoms with van der Waals surface area (Å²) in [6.07, 6.45) is 2.15. The van der Waals surface area contributed by atoms with Gasteiger partial charge in [0.25, 0.3) is 0 Å². The first kappa shape index (κ1) is 14.1. The van der Waals surface area contributed by atoms with Crippen molar-refractivity contribution in [3.63, 3.8) is 0 Å². The maximum atomic E-state index is 12.0. The van der Waals surface area contributed by atoms with E-state index in [9.17, 15) is 8.42 Å². The predicted molar refractivity (Wildman–Crippen MR) is 72.9 cm³/mol. The summed E-state index contributed by atoms with van der Waals surface area (Å²) in [5.41, 5.74) is 0.810. The van der Waals surface area contributed by atoms with Crippen molar-refractivity contribution >= 4 is 9.84 Å². The molecular formula is C13H19NO4S. The van der Waals surface area contributed by atoms with Crippen LogP contribution in [0.2, 0.25) is 0 Å². The van der Waals surface area contributed by atoms with E-state index >= 15 is 0 Å². The van der Waals surface area contributed by atoms with Crippen LogP contribution in [-0.2, 0) is 9.84 Å². The second-order valence-electron chi connectivity index (χ2n) is 4.71. The van der Waals surface area contributed by atoms with Crippen LogP contribution in [0.1, 0.15) is 17.9 Å². The van der Waals surface area contributed by atoms with Gasteiger partial charge >= 0.3 is 0 Å². The van der Waals surface area contributed by atoms with Crippen LogP contribution >= 0.6 is 0 Å². The minimum Gasteiger partial charge on any atom is -0.493 e. The predicted octanol–water partition coefficient (Wildman–Crippen LogP) is 1.18. The number of methoxy groups -OCH3 is 2. The lowest BCUT2D eigenvalue weighted by molar-refractivity contribution is 0.353. The summed E-state index contributed by atoms with van der Waals surface area (Å²) < 4.78 is 34.4. The zero-order valence-corrected chi connectivity index (χ0v) is 12.2. The first-order valence-corrected chi connectivity index (χ1v) is 8.03. The molecule has 106 valence electrons. The van der Waals surface area contributed by atoms with Gasteiger partial charge in [0.05, 0.1) is 19.1 Å². The maximum absolute atomic E-state index is 12.0. The number of hydrogen-bond donors (Lipinski definition) is 1. The Bertz CT molecular complexity index is 562. The first-order valence-electron chi connectivity index (χ1n) is 6.14. The molecule has 1 aromatic rings. The molecule has 0 amide bonds. The monoisotopic (exact) mass is 285 g/mol. The molecule has 0 aromatic heterocycles. The lowest BCUT2D eigenvalue weighted by atomic mass is 9.98. The van der Waals surface area contributed by atoms with Crippen molar-refractivity contribution in [2.24, 2.45) is 0 Å². The lowest BCUT2D eigenvalue weighted by Gasteiger charge is -2.17. The molecule has 1 aliphatic heterocycles. The van der Waals surface area contributed by atoms with Crippen LogP contribution in [0.4, 0.5) is 0 Å². The molecule has 6 heteroatoms. The molecule has 1 saturated heterocycles. The molecule has 0 radical (unpaired) electrons. The van der Waals surface area contributed by atoms with Gasteiger partial charge in [-0.25, -0.2) is 8.42 Å². The van der Waals surface area contributed by atoms with Gasteiger partial charge in [-0.1, -0.05) is 0 Å². The molecule has 0 spiro atoms. The number of hydrogen-bond acceptors (Lipinski definition) is 5. The van der Waals surface area contributed by atoms with Gasteiger partial charge in [0.1, 0.15) is 0 Å². The Morgan fingerprint density at radius 1 is 1.21 bits per heavy atom. The Balaban J connectivity index is 2.61. The van der Waals surface area contributed by atoms with Crippen molar-refractivity contribution in [1.82, 2.24) is 5.32 Å². The molecule has 1 N–H and O–H groups in total. The average Bonchev–Trinajstić information content (AvgIpc) is 2.89. The Labute approximate surface area is 113 Å². The summed E-state index contributed by atoms with van der Waals surface area (Å²) in [6, 6.07) is 3.34. The van der Waals surface area contributed by atoms with Crippen molar-refractivity contribution in [1.29, 1.82) is 0 Å². The fourth-order valence-corrected chi connectivity index (χ4v) is 3.41. The molecule has 0 saturated carbocycles. The largest absolute Gasteiger partial charge is 0.493 e. The van der Waals surface area contributed by atoms with Crippen LogP contribution in [0.3, 0.4) is 0 Å². The van der Waals surface area contributed by atoms with E-state index in [1.807, 2.05) is 0 Å². The van der Waals surface area contributed by atoms with Gasteiger partial charge in [-0.2, -0.15) is 0 Å². The Kier molecular flexibility index (Phi) is 4.01. The van der Waals surface area contributed by atoms with E-state index in [4.69, 9.17) is 9.47 Å². The maximum Gasteiger partial charge on any atom is 0.175 e. The Morgan fingerprint density at radius 3 is 2.32 bits per heavy atom. The van der Waals surface area contributed by atoms with Gasteiger partial charge in [-0.3, -0.25) is 0 Å². The lowest BCUT2D eigenvalue weighted by Crippen LogP contribution is -2.12. The third-order valence-corrected chi connectivity index (χ3v) is 4.57. The standard InChI is InChI=1S/C13H19NO4S/c1-17-11-6-10(9-4-5-14-8-9)13(19(3,15)16)7-12(11)18-2/h6-7,9,14H,4-5,8H2,1-3H3. The van der Waals surface area contributed by atoms with E-state index in [0.29, 0.717) is 16.4 Å². The van der Waals surface area contributed by atoms with Crippen LogP contribution in [-0.4, -0.2) is 42.0 Å². The summed E-state index contributed by atoms with van der Waals surface area (Å²) in [5, 5.41) is 3.25. The van der Waals surface area contributed by atoms with E-state index in [-0.39, 0.29) is 5.92 Å². The Morgan fingerprint density at radius 2 is 1.84 bits per heavy atom. The van der Waals surface area contributed by atoms with Crippen molar-refractivity contribution in [3.8, 4) is 11.5 Å². The highest BCUT2D eigenvalue weighted by atomic mass is 32.2. The molecule has 1 aromatic carbocycles. The van der Waals surface area contributed by atoms with Gasteiger partial charge < -0.3 is 14.8 Å². The zero-order valence-electron chi connectivity index (χ0n) is 11.4. The van der Waals surface area contributed by atoms with E-state index in [1.165, 1.54) is 13.4 Å². The SMILES string of the molecule is COc1cc(C2CCNC2)c(S(C)(=O)=O)cc1OC. The molecule has 0 bridgehead atoms. The summed E-state index contributed by atoms with van der Waals surface area (Å²) in [7, 11) is -0.241. The minimum absolute atomic E-state index is 0.199. The van der Waals surface area contributed by atoms with Crippen LogP contribution in [0, 0.1) is 0 Å². The van der Waals surface area contributed by atoms with Crippen LogP contribution < -0.4 is 14.8 Å². The highest BCUT2D eigenvalue weighted by Gasteiger charge is 2.26. The molecule has 0 aliphatic carbocycles. The van der Waals surface area contributed by atoms with Crippen molar-refractivity contribution in [2.45, 2.75) is 17.2 Å². The smallest absolute Gasteiger partial charge is 0.175 e. The van der Waals surface area contributed by atoms with Crippen molar-refractivity contribution in [2.75, 3.05) is 33.6 Å². The van der Waals surface area contributed by atoms with Gasteiger partial charge in [0.2, 0.25) is 0 Å². The second-order valence-corrected chi connectivity index (χ2v) is 6.69. The summed E-state index contributed by atoms with van der Waals surface area (Å²) in [5.74, 6) is 1.21. The van der Waals surface area contributed by atoms with Crippen LogP contribution in [0.15, 0.2) is 17.0 Å². The number of sulfone groups is 1. The topological polar surface area (TPSA) is 64.6 Å². The van der Waals surface area contributed by atoms with Gasteiger partial charge in [0, 0.05) is 18.9 Å². The number of rotatable bonds is 4. The van der Waals surface area contributed by atoms with E-state index in [0.717, 1.165) is 25.1 Å². The summed E-state index contributed by atoms with van der Waals surface area (Å²) >= 11 is 0. The fourth-order valence-electron chi connectivity index (χ4n) is 2.44. The molecular weight excluding hydrogens is 266 g/mol. The quantitative estimate of drug-likeness (QED) is 0.900. The molecule has 1 atom stereocenters. The molecule has 1 unspecified atom stereocenters. The number of benzene rings is 1. The van der Waals surface area contributed by atoms with E-state index in [1.54, 1.807) is 19.2 Å². The van der Waals surface area contributed by atoms with Gasteiger partial charge in [0.15, 0.2) is 21.3 Å². The Hall–Kier alpha value is -1.27. The number of nitrogens with one attached hydrogen (secondary N) is 1.